The van der Waals surface area contributed by atoms with Crippen LogP contribution in [0, 0.1) is 0 Å². The molecule has 7 heteroatoms. The molecule has 1 rings (SSSR count). The summed E-state index contributed by atoms with van der Waals surface area (Å²) in [4.78, 5) is 35.6. The normalized spacial score (nSPS) is 17.0. The second-order valence-corrected chi connectivity index (χ2v) is 4.57. The number of carbonyl (C=O) groups is 3. The topological polar surface area (TPSA) is 82.1 Å². The van der Waals surface area contributed by atoms with Crippen LogP contribution in [0.5, 0.6) is 0 Å². The molecule has 0 N–H and O–H groups in total. The van der Waals surface area contributed by atoms with Gasteiger partial charge in [0, 0.05) is 18.5 Å². The maximum Gasteiger partial charge on any atom is 0.410 e. The number of rotatable bonds is 6. The summed E-state index contributed by atoms with van der Waals surface area (Å²) in [5, 5.41) is 0. The highest BCUT2D eigenvalue weighted by atomic mass is 16.6. The first kappa shape index (κ1) is 16.7. The number of carbonyl (C=O) groups excluding carboxylic acids is 3. The predicted octanol–water partition coefficient (Wildman–Crippen LogP) is 1.05. The number of nitrogens with zero attached hydrogens (tertiary/aromatic N) is 1. The van der Waals surface area contributed by atoms with Crippen LogP contribution < -0.4 is 0 Å². The van der Waals surface area contributed by atoms with E-state index < -0.39 is 30.7 Å². The Kier molecular flexibility index (Phi) is 6.45. The number of esters is 2. The summed E-state index contributed by atoms with van der Waals surface area (Å²) in [5.74, 6) is -1.30. The summed E-state index contributed by atoms with van der Waals surface area (Å²) >= 11 is 0. The van der Waals surface area contributed by atoms with Crippen molar-refractivity contribution in [3.63, 3.8) is 0 Å². The molecule has 1 heterocycles. The van der Waals surface area contributed by atoms with Crippen molar-refractivity contribution in [1.82, 2.24) is 4.90 Å². The third kappa shape index (κ3) is 5.68. The minimum atomic E-state index is -0.657. The van der Waals surface area contributed by atoms with Crippen molar-refractivity contribution in [1.29, 1.82) is 0 Å². The molecule has 7 nitrogen and oxygen atoms in total. The molecule has 1 fully saturated rings. The molecule has 0 bridgehead atoms. The molecule has 0 saturated carbocycles. The Morgan fingerprint density at radius 2 is 2.05 bits per heavy atom. The minimum Gasteiger partial charge on any atom is -0.458 e. The van der Waals surface area contributed by atoms with Gasteiger partial charge in [-0.1, -0.05) is 19.2 Å². The van der Waals surface area contributed by atoms with Crippen LogP contribution in [0.25, 0.3) is 0 Å². The summed E-state index contributed by atoms with van der Waals surface area (Å²) in [6.07, 6.45) is 1.10. The van der Waals surface area contributed by atoms with Crippen LogP contribution >= 0.6 is 0 Å². The number of hydrogen-bond donors (Lipinski definition) is 0. The summed E-state index contributed by atoms with van der Waals surface area (Å²) in [6.45, 7) is 8.70. The maximum absolute atomic E-state index is 11.6. The first-order valence-corrected chi connectivity index (χ1v) is 6.48. The van der Waals surface area contributed by atoms with E-state index in [-0.39, 0.29) is 18.7 Å². The van der Waals surface area contributed by atoms with Crippen molar-refractivity contribution in [2.45, 2.75) is 19.4 Å². The molecular formula is C14H19NO6. The van der Waals surface area contributed by atoms with Crippen LogP contribution in [0.4, 0.5) is 4.79 Å². The zero-order valence-electron chi connectivity index (χ0n) is 12.0. The van der Waals surface area contributed by atoms with Gasteiger partial charge in [-0.15, -0.1) is 0 Å². The average molecular weight is 297 g/mol. The summed E-state index contributed by atoms with van der Waals surface area (Å²) in [7, 11) is 0. The molecule has 0 radical (unpaired) electrons. The van der Waals surface area contributed by atoms with E-state index >= 15 is 0 Å². The van der Waals surface area contributed by atoms with Crippen LogP contribution in [0.2, 0.25) is 0 Å². The van der Waals surface area contributed by atoms with E-state index in [1.165, 1.54) is 17.9 Å². The molecule has 21 heavy (non-hydrogen) atoms. The fourth-order valence-electron chi connectivity index (χ4n) is 1.68. The van der Waals surface area contributed by atoms with Crippen molar-refractivity contribution in [2.24, 2.45) is 0 Å². The van der Waals surface area contributed by atoms with Crippen molar-refractivity contribution in [3.05, 3.63) is 24.8 Å². The number of amides is 1. The van der Waals surface area contributed by atoms with Crippen LogP contribution in [0.3, 0.4) is 0 Å². The first-order valence-electron chi connectivity index (χ1n) is 6.48. The minimum absolute atomic E-state index is 0.136. The summed E-state index contributed by atoms with van der Waals surface area (Å²) in [5.41, 5.74) is 0.208. The zero-order chi connectivity index (χ0) is 15.8. The largest absolute Gasteiger partial charge is 0.458 e. The summed E-state index contributed by atoms with van der Waals surface area (Å²) < 4.78 is 14.7. The second-order valence-electron chi connectivity index (χ2n) is 4.57. The van der Waals surface area contributed by atoms with Gasteiger partial charge in [0.05, 0.1) is 6.54 Å². The van der Waals surface area contributed by atoms with Gasteiger partial charge in [-0.2, -0.15) is 0 Å². The van der Waals surface area contributed by atoms with Crippen LogP contribution in [-0.2, 0) is 23.8 Å². The predicted molar refractivity (Wildman–Crippen MR) is 73.4 cm³/mol. The first-order chi connectivity index (χ1) is 9.93. The van der Waals surface area contributed by atoms with Crippen LogP contribution in [0.1, 0.15) is 13.3 Å². The van der Waals surface area contributed by atoms with E-state index in [9.17, 15) is 14.4 Å². The van der Waals surface area contributed by atoms with Gasteiger partial charge in [0.25, 0.3) is 0 Å². The van der Waals surface area contributed by atoms with Crippen molar-refractivity contribution < 1.29 is 28.6 Å². The lowest BCUT2D eigenvalue weighted by Crippen LogP contribution is -2.32. The van der Waals surface area contributed by atoms with E-state index in [1.807, 2.05) is 0 Å². The SMILES string of the molecule is C=CCOC(=O)N1CCC(OC(=O)COC(=O)C(=C)C)C1. The third-order valence-corrected chi connectivity index (χ3v) is 2.70. The molecule has 116 valence electrons. The lowest BCUT2D eigenvalue weighted by molar-refractivity contribution is -0.160. The molecule has 0 aromatic rings. The van der Waals surface area contributed by atoms with Gasteiger partial charge < -0.3 is 19.1 Å². The monoisotopic (exact) mass is 297 g/mol. The molecule has 0 aliphatic carbocycles. The smallest absolute Gasteiger partial charge is 0.410 e. The molecule has 1 amide bonds. The third-order valence-electron chi connectivity index (χ3n) is 2.70. The number of hydrogen-bond acceptors (Lipinski definition) is 6. The molecule has 1 saturated heterocycles. The van der Waals surface area contributed by atoms with E-state index in [0.29, 0.717) is 13.0 Å². The van der Waals surface area contributed by atoms with Gasteiger partial charge in [0.15, 0.2) is 6.61 Å². The second kappa shape index (κ2) is 8.08. The Hall–Kier alpha value is -2.31. The van der Waals surface area contributed by atoms with E-state index in [4.69, 9.17) is 9.47 Å². The Labute approximate surface area is 123 Å². The van der Waals surface area contributed by atoms with Crippen LogP contribution in [-0.4, -0.2) is 55.3 Å². The van der Waals surface area contributed by atoms with Gasteiger partial charge >= 0.3 is 18.0 Å². The molecule has 1 atom stereocenters. The molecule has 0 spiro atoms. The fraction of sp³-hybridized carbons (Fsp3) is 0.500. The van der Waals surface area contributed by atoms with Gasteiger partial charge in [-0.05, 0) is 6.92 Å². The van der Waals surface area contributed by atoms with Crippen molar-refractivity contribution in [2.75, 3.05) is 26.3 Å². The maximum atomic E-state index is 11.6. The summed E-state index contributed by atoms with van der Waals surface area (Å²) in [6, 6.07) is 0. The Balaban J connectivity index is 2.29. The fourth-order valence-corrected chi connectivity index (χ4v) is 1.68. The number of ether oxygens (including phenoxy) is 3. The highest BCUT2D eigenvalue weighted by Crippen LogP contribution is 2.14. The van der Waals surface area contributed by atoms with E-state index in [1.54, 1.807) is 0 Å². The molecular weight excluding hydrogens is 278 g/mol. The zero-order valence-corrected chi connectivity index (χ0v) is 12.0. The van der Waals surface area contributed by atoms with Gasteiger partial charge in [0.1, 0.15) is 12.7 Å². The van der Waals surface area contributed by atoms with Crippen LogP contribution in [0.15, 0.2) is 24.8 Å². The molecule has 0 aromatic heterocycles. The lowest BCUT2D eigenvalue weighted by Gasteiger charge is -2.16. The Bertz CT molecular complexity index is 445. The average Bonchev–Trinajstić information content (AvgIpc) is 2.90. The van der Waals surface area contributed by atoms with Gasteiger partial charge in [0.2, 0.25) is 0 Å². The molecule has 0 aromatic carbocycles. The number of likely N-dealkylation sites (tertiary alicyclic amines) is 1. The van der Waals surface area contributed by atoms with Gasteiger partial charge in [-0.3, -0.25) is 0 Å². The van der Waals surface area contributed by atoms with Crippen molar-refractivity contribution in [3.8, 4) is 0 Å². The Morgan fingerprint density at radius 3 is 2.67 bits per heavy atom. The molecule has 1 unspecified atom stereocenters. The standard InChI is InChI=1S/C14H19NO6/c1-4-7-19-14(18)15-6-5-11(8-15)21-12(16)9-20-13(17)10(2)3/h4,11H,1-2,5-9H2,3H3. The Morgan fingerprint density at radius 1 is 1.33 bits per heavy atom. The lowest BCUT2D eigenvalue weighted by atomic mass is 10.3. The molecule has 1 aliphatic rings. The quantitative estimate of drug-likeness (QED) is 0.315. The van der Waals surface area contributed by atoms with Gasteiger partial charge in [-0.25, -0.2) is 14.4 Å². The van der Waals surface area contributed by atoms with Crippen molar-refractivity contribution >= 4 is 18.0 Å². The highest BCUT2D eigenvalue weighted by Gasteiger charge is 2.29. The van der Waals surface area contributed by atoms with E-state index in [2.05, 4.69) is 17.9 Å². The molecule has 1 aliphatic heterocycles. The highest BCUT2D eigenvalue weighted by molar-refractivity contribution is 5.88. The van der Waals surface area contributed by atoms with E-state index in [0.717, 1.165) is 0 Å².